The molecule has 1 aliphatic heterocycles. The molecule has 0 unspecified atom stereocenters. The molecule has 0 saturated carbocycles. The summed E-state index contributed by atoms with van der Waals surface area (Å²) in [6, 6.07) is 13.0. The summed E-state index contributed by atoms with van der Waals surface area (Å²) < 4.78 is 5.12. The van der Waals surface area contributed by atoms with E-state index in [4.69, 9.17) is 4.74 Å². The van der Waals surface area contributed by atoms with Gasteiger partial charge in [0.15, 0.2) is 0 Å². The summed E-state index contributed by atoms with van der Waals surface area (Å²) in [5, 5.41) is 12.1. The number of nitrogens with zero attached hydrogens (tertiary/aromatic N) is 2. The van der Waals surface area contributed by atoms with E-state index in [1.807, 2.05) is 18.2 Å². The van der Waals surface area contributed by atoms with E-state index in [1.165, 1.54) is 18.2 Å². The first-order valence-electron chi connectivity index (χ1n) is 8.55. The van der Waals surface area contributed by atoms with Crippen LogP contribution in [0.4, 0.5) is 5.69 Å². The van der Waals surface area contributed by atoms with Gasteiger partial charge in [0.25, 0.3) is 5.91 Å². The average molecular weight is 349 g/mol. The van der Waals surface area contributed by atoms with Crippen LogP contribution in [-0.4, -0.2) is 31.5 Å². The van der Waals surface area contributed by atoms with Crippen molar-refractivity contribution in [2.75, 3.05) is 26.0 Å². The summed E-state index contributed by atoms with van der Waals surface area (Å²) in [6.07, 6.45) is 0. The van der Waals surface area contributed by atoms with E-state index in [0.717, 1.165) is 18.8 Å². The largest absolute Gasteiger partial charge is 0.495 e. The Morgan fingerprint density at radius 3 is 2.73 bits per heavy atom. The lowest BCUT2D eigenvalue weighted by Gasteiger charge is -2.38. The minimum Gasteiger partial charge on any atom is -0.495 e. The molecule has 0 atom stereocenters. The van der Waals surface area contributed by atoms with E-state index in [2.05, 4.69) is 37.2 Å². The first-order chi connectivity index (χ1) is 12.3. The van der Waals surface area contributed by atoms with Crippen molar-refractivity contribution in [3.63, 3.8) is 0 Å². The molecule has 0 fully saturated rings. The Bertz CT molecular complexity index is 897. The topological polar surface area (TPSA) is 65.4 Å². The van der Waals surface area contributed by atoms with E-state index in [9.17, 15) is 10.1 Å². The summed E-state index contributed by atoms with van der Waals surface area (Å²) in [6.45, 7) is 6.35. The fraction of sp³-hybridized carbons (Fsp3) is 0.333. The standard InChI is InChI=1S/C21H23N3O2/c1-21(2)13-24(3)12-16-10-17(6-7-18(16)21)23-20(25)14-5-8-19(26-4)15(9-14)11-22/h5-10H,12-13H2,1-4H3,(H,23,25). The third kappa shape index (κ3) is 3.42. The Morgan fingerprint density at radius 2 is 2.04 bits per heavy atom. The molecule has 2 aromatic carbocycles. The number of ether oxygens (including phenoxy) is 1. The monoisotopic (exact) mass is 349 g/mol. The number of carbonyl (C=O) groups excluding carboxylic acids is 1. The van der Waals surface area contributed by atoms with Crippen LogP contribution < -0.4 is 10.1 Å². The zero-order valence-electron chi connectivity index (χ0n) is 15.6. The molecule has 134 valence electrons. The number of hydrogen-bond acceptors (Lipinski definition) is 4. The van der Waals surface area contributed by atoms with Crippen LogP contribution >= 0.6 is 0 Å². The van der Waals surface area contributed by atoms with Gasteiger partial charge in [-0.25, -0.2) is 0 Å². The van der Waals surface area contributed by atoms with Crippen LogP contribution in [-0.2, 0) is 12.0 Å². The first-order valence-corrected chi connectivity index (χ1v) is 8.55. The van der Waals surface area contributed by atoms with Gasteiger partial charge in [0.1, 0.15) is 11.8 Å². The number of fused-ring (bicyclic) bond motifs is 1. The van der Waals surface area contributed by atoms with Crippen molar-refractivity contribution in [3.8, 4) is 11.8 Å². The molecule has 1 aliphatic rings. The number of nitriles is 1. The third-order valence-corrected chi connectivity index (χ3v) is 4.78. The van der Waals surface area contributed by atoms with Crippen LogP contribution in [0.3, 0.4) is 0 Å². The number of methoxy groups -OCH3 is 1. The molecule has 1 amide bonds. The Kier molecular flexibility index (Phi) is 4.71. The minimum absolute atomic E-state index is 0.0859. The molecule has 0 bridgehead atoms. The van der Waals surface area contributed by atoms with Gasteiger partial charge in [-0.1, -0.05) is 19.9 Å². The summed E-state index contributed by atoms with van der Waals surface area (Å²) in [5.41, 5.74) is 4.17. The molecule has 5 heteroatoms. The van der Waals surface area contributed by atoms with Gasteiger partial charge in [0, 0.05) is 29.8 Å². The Labute approximate surface area is 154 Å². The lowest BCUT2D eigenvalue weighted by molar-refractivity contribution is 0.102. The van der Waals surface area contributed by atoms with Gasteiger partial charge in [-0.2, -0.15) is 5.26 Å². The van der Waals surface area contributed by atoms with Crippen molar-refractivity contribution in [3.05, 3.63) is 58.7 Å². The maximum atomic E-state index is 12.6. The van der Waals surface area contributed by atoms with Crippen molar-refractivity contribution in [2.45, 2.75) is 25.8 Å². The summed E-state index contributed by atoms with van der Waals surface area (Å²) >= 11 is 0. The lowest BCUT2D eigenvalue weighted by atomic mass is 9.78. The highest BCUT2D eigenvalue weighted by molar-refractivity contribution is 6.04. The molecule has 1 heterocycles. The number of benzene rings is 2. The number of hydrogen-bond donors (Lipinski definition) is 1. The molecule has 0 aromatic heterocycles. The van der Waals surface area contributed by atoms with Crippen LogP contribution in [0.2, 0.25) is 0 Å². The second kappa shape index (κ2) is 6.81. The molecule has 0 radical (unpaired) electrons. The van der Waals surface area contributed by atoms with Gasteiger partial charge in [-0.3, -0.25) is 4.79 Å². The van der Waals surface area contributed by atoms with Gasteiger partial charge < -0.3 is 15.0 Å². The van der Waals surface area contributed by atoms with Crippen LogP contribution in [0.15, 0.2) is 36.4 Å². The van der Waals surface area contributed by atoms with Crippen molar-refractivity contribution >= 4 is 11.6 Å². The van der Waals surface area contributed by atoms with E-state index in [-0.39, 0.29) is 11.3 Å². The maximum absolute atomic E-state index is 12.6. The molecule has 0 aliphatic carbocycles. The van der Waals surface area contributed by atoms with Crippen LogP contribution in [0, 0.1) is 11.3 Å². The fourth-order valence-electron chi connectivity index (χ4n) is 3.71. The lowest BCUT2D eigenvalue weighted by Crippen LogP contribution is -2.39. The molecular formula is C21H23N3O2. The van der Waals surface area contributed by atoms with Gasteiger partial charge in [-0.05, 0) is 48.5 Å². The zero-order chi connectivity index (χ0) is 18.9. The maximum Gasteiger partial charge on any atom is 0.255 e. The molecule has 2 aromatic rings. The molecule has 0 saturated heterocycles. The Balaban J connectivity index is 1.85. The van der Waals surface area contributed by atoms with Crippen molar-refractivity contribution in [1.82, 2.24) is 4.90 Å². The Hall–Kier alpha value is -2.84. The second-order valence-electron chi connectivity index (χ2n) is 7.41. The van der Waals surface area contributed by atoms with Gasteiger partial charge in [0.05, 0.1) is 12.7 Å². The number of rotatable bonds is 3. The molecule has 1 N–H and O–H groups in total. The number of amides is 1. The fourth-order valence-corrected chi connectivity index (χ4v) is 3.71. The number of nitrogens with one attached hydrogen (secondary N) is 1. The smallest absolute Gasteiger partial charge is 0.255 e. The SMILES string of the molecule is COc1ccc(C(=O)Nc2ccc3c(c2)CN(C)CC3(C)C)cc1C#N. The second-order valence-corrected chi connectivity index (χ2v) is 7.41. The number of carbonyl (C=O) groups is 1. The quantitative estimate of drug-likeness (QED) is 0.920. The molecule has 3 rings (SSSR count). The summed E-state index contributed by atoms with van der Waals surface area (Å²) in [5.74, 6) is 0.218. The van der Waals surface area contributed by atoms with E-state index < -0.39 is 0 Å². The zero-order valence-corrected chi connectivity index (χ0v) is 15.6. The molecule has 5 nitrogen and oxygen atoms in total. The number of anilines is 1. The highest BCUT2D eigenvalue weighted by Gasteiger charge is 2.30. The van der Waals surface area contributed by atoms with E-state index in [1.54, 1.807) is 18.2 Å². The van der Waals surface area contributed by atoms with Crippen molar-refractivity contribution < 1.29 is 9.53 Å². The van der Waals surface area contributed by atoms with Crippen LogP contribution in [0.25, 0.3) is 0 Å². The highest BCUT2D eigenvalue weighted by Crippen LogP contribution is 2.34. The third-order valence-electron chi connectivity index (χ3n) is 4.78. The van der Waals surface area contributed by atoms with Crippen LogP contribution in [0.1, 0.15) is 40.9 Å². The molecule has 26 heavy (non-hydrogen) atoms. The predicted octanol–water partition coefficient (Wildman–Crippen LogP) is 3.54. The predicted molar refractivity (Wildman–Crippen MR) is 101 cm³/mol. The minimum atomic E-state index is -0.243. The average Bonchev–Trinajstić information content (AvgIpc) is 2.59. The van der Waals surface area contributed by atoms with E-state index in [0.29, 0.717) is 16.9 Å². The van der Waals surface area contributed by atoms with Crippen LogP contribution in [0.5, 0.6) is 5.75 Å². The van der Waals surface area contributed by atoms with E-state index >= 15 is 0 Å². The van der Waals surface area contributed by atoms with Crippen molar-refractivity contribution in [2.24, 2.45) is 0 Å². The van der Waals surface area contributed by atoms with Crippen molar-refractivity contribution in [1.29, 1.82) is 5.26 Å². The molecule has 0 spiro atoms. The Morgan fingerprint density at radius 1 is 1.27 bits per heavy atom. The first kappa shape index (κ1) is 18.0. The summed E-state index contributed by atoms with van der Waals surface area (Å²) in [4.78, 5) is 14.9. The molecular weight excluding hydrogens is 326 g/mol. The highest BCUT2D eigenvalue weighted by atomic mass is 16.5. The van der Waals surface area contributed by atoms with Gasteiger partial charge in [-0.15, -0.1) is 0 Å². The normalized spacial score (nSPS) is 15.7. The van der Waals surface area contributed by atoms with Gasteiger partial charge in [0.2, 0.25) is 0 Å². The van der Waals surface area contributed by atoms with Gasteiger partial charge >= 0.3 is 0 Å². The number of likely N-dealkylation sites (N-methyl/N-ethyl adjacent to an activating group) is 1. The summed E-state index contributed by atoms with van der Waals surface area (Å²) in [7, 11) is 3.61.